The highest BCUT2D eigenvalue weighted by Crippen LogP contribution is 2.31. The van der Waals surface area contributed by atoms with Crippen molar-refractivity contribution < 1.29 is 4.79 Å². The third kappa shape index (κ3) is 3.05. The molecule has 0 saturated carbocycles. The minimum absolute atomic E-state index is 0.0948. The molecule has 7 heteroatoms. The number of fused-ring (bicyclic) bond motifs is 1. The normalized spacial score (nSPS) is 18.0. The van der Waals surface area contributed by atoms with E-state index in [-0.39, 0.29) is 11.9 Å². The predicted octanol–water partition coefficient (Wildman–Crippen LogP) is 1.39. The molecule has 118 valence electrons. The lowest BCUT2D eigenvalue weighted by Crippen LogP contribution is -2.45. The van der Waals surface area contributed by atoms with E-state index >= 15 is 0 Å². The summed E-state index contributed by atoms with van der Waals surface area (Å²) in [4.78, 5) is 24.3. The molecular weight excluding hydrogens is 298 g/mol. The molecule has 1 aliphatic heterocycles. The Morgan fingerprint density at radius 3 is 3.23 bits per heavy atom. The first-order valence-corrected chi connectivity index (χ1v) is 8.62. The van der Waals surface area contributed by atoms with Gasteiger partial charge in [-0.15, -0.1) is 11.3 Å². The summed E-state index contributed by atoms with van der Waals surface area (Å²) in [6.07, 6.45) is 3.48. The molecule has 2 aromatic heterocycles. The van der Waals surface area contributed by atoms with Crippen molar-refractivity contribution >= 4 is 33.3 Å². The minimum Gasteiger partial charge on any atom is -0.353 e. The fourth-order valence-corrected chi connectivity index (χ4v) is 3.59. The first kappa shape index (κ1) is 15.2. The molecule has 6 nitrogen and oxygen atoms in total. The third-order valence-corrected chi connectivity index (χ3v) is 4.74. The monoisotopic (exact) mass is 319 g/mol. The number of amides is 1. The minimum atomic E-state index is -0.125. The molecule has 1 aliphatic rings. The lowest BCUT2D eigenvalue weighted by molar-refractivity contribution is -0.122. The van der Waals surface area contributed by atoms with Crippen LogP contribution in [0.3, 0.4) is 0 Å². The van der Waals surface area contributed by atoms with Crippen molar-refractivity contribution in [1.29, 1.82) is 0 Å². The van der Waals surface area contributed by atoms with Crippen LogP contribution in [0, 0.1) is 0 Å². The maximum absolute atomic E-state index is 12.4. The molecule has 1 saturated heterocycles. The van der Waals surface area contributed by atoms with Gasteiger partial charge in [0.1, 0.15) is 23.0 Å². The molecule has 0 radical (unpaired) electrons. The van der Waals surface area contributed by atoms with Gasteiger partial charge in [0.15, 0.2) is 0 Å². The van der Waals surface area contributed by atoms with Crippen molar-refractivity contribution in [1.82, 2.24) is 20.6 Å². The number of nitrogens with zero attached hydrogens (tertiary/aromatic N) is 3. The number of likely N-dealkylation sites (N-methyl/N-ethyl adjacent to an activating group) is 1. The van der Waals surface area contributed by atoms with Crippen LogP contribution in [-0.4, -0.2) is 48.1 Å². The van der Waals surface area contributed by atoms with Crippen LogP contribution in [0.4, 0.5) is 5.82 Å². The molecule has 1 unspecified atom stereocenters. The van der Waals surface area contributed by atoms with Crippen molar-refractivity contribution in [3.63, 3.8) is 0 Å². The Kier molecular flexibility index (Phi) is 4.84. The van der Waals surface area contributed by atoms with Gasteiger partial charge in [-0.05, 0) is 30.8 Å². The summed E-state index contributed by atoms with van der Waals surface area (Å²) in [5, 5.41) is 9.29. The largest absolute Gasteiger partial charge is 0.353 e. The summed E-state index contributed by atoms with van der Waals surface area (Å²) in [6.45, 7) is 5.31. The fourth-order valence-electron chi connectivity index (χ4n) is 2.87. The topological polar surface area (TPSA) is 70.2 Å². The number of carbonyl (C=O) groups is 1. The Bertz CT molecular complexity index is 644. The molecule has 0 aliphatic carbocycles. The number of carbonyl (C=O) groups excluding carboxylic acids is 1. The first-order valence-electron chi connectivity index (χ1n) is 7.74. The average molecular weight is 319 g/mol. The maximum Gasteiger partial charge on any atom is 0.242 e. The summed E-state index contributed by atoms with van der Waals surface area (Å²) in [5.41, 5.74) is 0. The molecule has 0 bridgehead atoms. The molecule has 1 amide bonds. The summed E-state index contributed by atoms with van der Waals surface area (Å²) >= 11 is 1.60. The van der Waals surface area contributed by atoms with Crippen LogP contribution in [0.25, 0.3) is 10.2 Å². The Morgan fingerprint density at radius 1 is 1.45 bits per heavy atom. The smallest absolute Gasteiger partial charge is 0.242 e. The van der Waals surface area contributed by atoms with Crippen LogP contribution in [0.2, 0.25) is 0 Å². The summed E-state index contributed by atoms with van der Waals surface area (Å²) < 4.78 is 0. The van der Waals surface area contributed by atoms with Crippen LogP contribution in [-0.2, 0) is 4.79 Å². The van der Waals surface area contributed by atoms with Gasteiger partial charge in [-0.3, -0.25) is 4.79 Å². The zero-order valence-corrected chi connectivity index (χ0v) is 13.5. The van der Waals surface area contributed by atoms with Gasteiger partial charge in [0.05, 0.1) is 5.39 Å². The Hall–Kier alpha value is -1.73. The van der Waals surface area contributed by atoms with Gasteiger partial charge in [0, 0.05) is 19.6 Å². The third-order valence-electron chi connectivity index (χ3n) is 3.92. The van der Waals surface area contributed by atoms with Gasteiger partial charge in [-0.2, -0.15) is 0 Å². The number of anilines is 1. The van der Waals surface area contributed by atoms with Crippen LogP contribution in [0.15, 0.2) is 17.8 Å². The molecule has 1 atom stereocenters. The SMILES string of the molecule is CCNCCNC(=O)C1CCCN1c1ncnc2sccc12. The number of aromatic nitrogens is 2. The highest BCUT2D eigenvalue weighted by atomic mass is 32.1. The molecule has 1 fully saturated rings. The molecule has 2 aromatic rings. The van der Waals surface area contributed by atoms with E-state index in [1.807, 2.05) is 11.4 Å². The molecule has 0 spiro atoms. The van der Waals surface area contributed by atoms with Crippen LogP contribution in [0.5, 0.6) is 0 Å². The van der Waals surface area contributed by atoms with E-state index in [0.717, 1.165) is 48.5 Å². The standard InChI is InChI=1S/C15H21N5OS/c1-2-16-6-7-17-14(21)12-4-3-8-20(12)13-11-5-9-22-15(11)19-10-18-13/h5,9-10,12,16H,2-4,6-8H2,1H3,(H,17,21). The summed E-state index contributed by atoms with van der Waals surface area (Å²) in [5.74, 6) is 0.980. The quantitative estimate of drug-likeness (QED) is 0.787. The zero-order chi connectivity index (χ0) is 15.4. The number of rotatable bonds is 6. The van der Waals surface area contributed by atoms with Crippen LogP contribution in [0.1, 0.15) is 19.8 Å². The molecule has 0 aromatic carbocycles. The second kappa shape index (κ2) is 7.02. The van der Waals surface area contributed by atoms with Gasteiger partial charge in [-0.25, -0.2) is 9.97 Å². The Labute approximate surface area is 133 Å². The molecule has 2 N–H and O–H groups in total. The Balaban J connectivity index is 1.73. The predicted molar refractivity (Wildman–Crippen MR) is 89.3 cm³/mol. The first-order chi connectivity index (χ1) is 10.8. The van der Waals surface area contributed by atoms with Crippen molar-refractivity contribution in [2.45, 2.75) is 25.8 Å². The van der Waals surface area contributed by atoms with E-state index in [1.165, 1.54) is 0 Å². The number of thiophene rings is 1. The van der Waals surface area contributed by atoms with Gasteiger partial charge < -0.3 is 15.5 Å². The van der Waals surface area contributed by atoms with Gasteiger partial charge in [0.2, 0.25) is 5.91 Å². The van der Waals surface area contributed by atoms with E-state index in [0.29, 0.717) is 6.54 Å². The van der Waals surface area contributed by atoms with E-state index in [4.69, 9.17) is 0 Å². The van der Waals surface area contributed by atoms with Crippen LogP contribution >= 0.6 is 11.3 Å². The van der Waals surface area contributed by atoms with E-state index in [2.05, 4.69) is 32.4 Å². The van der Waals surface area contributed by atoms with E-state index in [1.54, 1.807) is 17.7 Å². The number of hydrogen-bond acceptors (Lipinski definition) is 6. The van der Waals surface area contributed by atoms with E-state index < -0.39 is 0 Å². The molecule has 22 heavy (non-hydrogen) atoms. The molecular formula is C15H21N5OS. The lowest BCUT2D eigenvalue weighted by Gasteiger charge is -2.25. The van der Waals surface area contributed by atoms with E-state index in [9.17, 15) is 4.79 Å². The average Bonchev–Trinajstić information content (AvgIpc) is 3.19. The summed E-state index contributed by atoms with van der Waals surface area (Å²) in [7, 11) is 0. The van der Waals surface area contributed by atoms with Crippen molar-refractivity contribution in [2.24, 2.45) is 0 Å². The van der Waals surface area contributed by atoms with Crippen LogP contribution < -0.4 is 15.5 Å². The zero-order valence-electron chi connectivity index (χ0n) is 12.7. The van der Waals surface area contributed by atoms with Gasteiger partial charge in [-0.1, -0.05) is 6.92 Å². The summed E-state index contributed by atoms with van der Waals surface area (Å²) in [6, 6.07) is 1.91. The van der Waals surface area contributed by atoms with Crippen molar-refractivity contribution in [2.75, 3.05) is 31.1 Å². The maximum atomic E-state index is 12.4. The van der Waals surface area contributed by atoms with Crippen molar-refractivity contribution in [3.05, 3.63) is 17.8 Å². The number of nitrogens with one attached hydrogen (secondary N) is 2. The Morgan fingerprint density at radius 2 is 2.36 bits per heavy atom. The van der Waals surface area contributed by atoms with Gasteiger partial charge in [0.25, 0.3) is 0 Å². The second-order valence-electron chi connectivity index (χ2n) is 5.33. The number of hydrogen-bond donors (Lipinski definition) is 2. The fraction of sp³-hybridized carbons (Fsp3) is 0.533. The second-order valence-corrected chi connectivity index (χ2v) is 6.23. The molecule has 3 rings (SSSR count). The van der Waals surface area contributed by atoms with Gasteiger partial charge >= 0.3 is 0 Å². The van der Waals surface area contributed by atoms with Crippen molar-refractivity contribution in [3.8, 4) is 0 Å². The highest BCUT2D eigenvalue weighted by molar-refractivity contribution is 7.16. The molecule has 3 heterocycles. The highest BCUT2D eigenvalue weighted by Gasteiger charge is 2.32. The lowest BCUT2D eigenvalue weighted by atomic mass is 10.2.